The van der Waals surface area contributed by atoms with Crippen LogP contribution in [0.3, 0.4) is 0 Å². The lowest BCUT2D eigenvalue weighted by molar-refractivity contribution is 0.552. The predicted molar refractivity (Wildman–Crippen MR) is 76.4 cm³/mol. The van der Waals surface area contributed by atoms with Crippen molar-refractivity contribution in [2.45, 2.75) is 40.5 Å². The molecule has 0 spiro atoms. The van der Waals surface area contributed by atoms with Crippen LogP contribution in [0.15, 0.2) is 17.1 Å². The maximum Gasteiger partial charge on any atom is 0.0909 e. The van der Waals surface area contributed by atoms with Gasteiger partial charge in [0, 0.05) is 13.6 Å². The number of benzene rings is 1. The van der Waals surface area contributed by atoms with Gasteiger partial charge in [-0.2, -0.15) is 0 Å². The third-order valence-electron chi connectivity index (χ3n) is 3.07. The van der Waals surface area contributed by atoms with Gasteiger partial charge in [-0.1, -0.05) is 19.4 Å². The first kappa shape index (κ1) is 13.8. The Bertz CT molecular complexity index is 394. The summed E-state index contributed by atoms with van der Waals surface area (Å²) in [5.41, 5.74) is 5.15. The van der Waals surface area contributed by atoms with Gasteiger partial charge in [-0.15, -0.1) is 0 Å². The summed E-state index contributed by atoms with van der Waals surface area (Å²) in [7, 11) is 2.04. The molecule has 0 saturated carbocycles. The summed E-state index contributed by atoms with van der Waals surface area (Å²) in [5.74, 6) is 0. The Hall–Kier alpha value is -1.31. The lowest BCUT2D eigenvalue weighted by Gasteiger charge is -2.11. The molecule has 17 heavy (non-hydrogen) atoms. The highest BCUT2D eigenvalue weighted by Gasteiger charge is 2.03. The Morgan fingerprint density at radius 2 is 1.88 bits per heavy atom. The molecule has 1 aromatic carbocycles. The second kappa shape index (κ2) is 6.43. The Kier molecular flexibility index (Phi) is 5.20. The molecule has 94 valence electrons. The molecule has 1 aromatic rings. The minimum absolute atomic E-state index is 0.982. The van der Waals surface area contributed by atoms with Gasteiger partial charge >= 0.3 is 0 Å². The molecule has 0 amide bonds. The van der Waals surface area contributed by atoms with Crippen LogP contribution >= 0.6 is 0 Å². The number of rotatable bonds is 5. The highest BCUT2D eigenvalue weighted by atomic mass is 15.1. The summed E-state index contributed by atoms with van der Waals surface area (Å²) in [6, 6.07) is 4.47. The van der Waals surface area contributed by atoms with E-state index in [9.17, 15) is 0 Å². The van der Waals surface area contributed by atoms with Crippen molar-refractivity contribution in [3.63, 3.8) is 0 Å². The van der Waals surface area contributed by atoms with Gasteiger partial charge in [0.2, 0.25) is 0 Å². The molecule has 0 bridgehead atoms. The van der Waals surface area contributed by atoms with Crippen molar-refractivity contribution in [1.29, 1.82) is 0 Å². The van der Waals surface area contributed by atoms with E-state index >= 15 is 0 Å². The topological polar surface area (TPSA) is 15.6 Å². The highest BCUT2D eigenvalue weighted by Crippen LogP contribution is 2.23. The minimum atomic E-state index is 0.982. The average molecular weight is 232 g/mol. The number of hydrogen-bond donors (Lipinski definition) is 0. The molecule has 0 N–H and O–H groups in total. The number of nitrogens with zero attached hydrogens (tertiary/aromatic N) is 2. The molecule has 0 heterocycles. The number of aliphatic imine (C=N–C) groups is 1. The lowest BCUT2D eigenvalue weighted by atomic mass is 10.0. The minimum Gasteiger partial charge on any atom is -0.366 e. The molecule has 0 aliphatic rings. The van der Waals surface area contributed by atoms with Crippen molar-refractivity contribution >= 4 is 12.0 Å². The van der Waals surface area contributed by atoms with E-state index in [1.54, 1.807) is 0 Å². The summed E-state index contributed by atoms with van der Waals surface area (Å²) in [6.07, 6.45) is 4.26. The standard InChI is InChI=1S/C15H24N2/c1-6-8-14-9-13(4)15(10-12(14)3)16-11-17(5)7-2/h9-11H,6-8H2,1-5H3. The molecule has 0 saturated heterocycles. The van der Waals surface area contributed by atoms with E-state index in [2.05, 4.69) is 49.7 Å². The molecular weight excluding hydrogens is 208 g/mol. The molecule has 2 heteroatoms. The molecule has 0 fully saturated rings. The lowest BCUT2D eigenvalue weighted by Crippen LogP contribution is -2.14. The summed E-state index contributed by atoms with van der Waals surface area (Å²) in [5, 5.41) is 0. The van der Waals surface area contributed by atoms with Crippen molar-refractivity contribution in [1.82, 2.24) is 4.90 Å². The summed E-state index contributed by atoms with van der Waals surface area (Å²) in [4.78, 5) is 6.62. The molecule has 0 radical (unpaired) electrons. The van der Waals surface area contributed by atoms with Gasteiger partial charge in [-0.25, -0.2) is 4.99 Å². The van der Waals surface area contributed by atoms with Crippen LogP contribution in [0.1, 0.15) is 37.0 Å². The second-order valence-electron chi connectivity index (χ2n) is 4.63. The fraction of sp³-hybridized carbons (Fsp3) is 0.533. The Morgan fingerprint density at radius 3 is 2.47 bits per heavy atom. The Balaban J connectivity index is 2.95. The summed E-state index contributed by atoms with van der Waals surface area (Å²) in [6.45, 7) is 9.63. The molecule has 2 nitrogen and oxygen atoms in total. The van der Waals surface area contributed by atoms with Crippen molar-refractivity contribution in [2.24, 2.45) is 4.99 Å². The highest BCUT2D eigenvalue weighted by molar-refractivity contribution is 5.63. The SMILES string of the molecule is CCCc1cc(C)c(N=CN(C)CC)cc1C. The van der Waals surface area contributed by atoms with Crippen LogP contribution in [-0.4, -0.2) is 24.8 Å². The van der Waals surface area contributed by atoms with Crippen molar-refractivity contribution in [2.75, 3.05) is 13.6 Å². The molecule has 0 atom stereocenters. The van der Waals surface area contributed by atoms with Crippen LogP contribution in [0.4, 0.5) is 5.69 Å². The first-order valence-corrected chi connectivity index (χ1v) is 6.43. The van der Waals surface area contributed by atoms with Crippen LogP contribution in [0.2, 0.25) is 0 Å². The van der Waals surface area contributed by atoms with E-state index in [0.717, 1.165) is 18.7 Å². The first-order chi connectivity index (χ1) is 8.08. The molecule has 0 aliphatic heterocycles. The fourth-order valence-electron chi connectivity index (χ4n) is 1.78. The van der Waals surface area contributed by atoms with E-state index in [0.29, 0.717) is 0 Å². The molecule has 0 aliphatic carbocycles. The molecule has 0 unspecified atom stereocenters. The predicted octanol–water partition coefficient (Wildman–Crippen LogP) is 3.87. The summed E-state index contributed by atoms with van der Waals surface area (Å²) < 4.78 is 0. The van der Waals surface area contributed by atoms with Gasteiger partial charge in [-0.3, -0.25) is 0 Å². The first-order valence-electron chi connectivity index (χ1n) is 6.43. The van der Waals surface area contributed by atoms with E-state index in [-0.39, 0.29) is 0 Å². The van der Waals surface area contributed by atoms with Crippen LogP contribution in [0.25, 0.3) is 0 Å². The van der Waals surface area contributed by atoms with Crippen LogP contribution in [0, 0.1) is 13.8 Å². The maximum absolute atomic E-state index is 4.54. The smallest absolute Gasteiger partial charge is 0.0909 e. The maximum atomic E-state index is 4.54. The van der Waals surface area contributed by atoms with Crippen LogP contribution in [0.5, 0.6) is 0 Å². The number of aryl methyl sites for hydroxylation is 3. The van der Waals surface area contributed by atoms with Crippen molar-refractivity contribution in [3.8, 4) is 0 Å². The number of hydrogen-bond acceptors (Lipinski definition) is 1. The third-order valence-corrected chi connectivity index (χ3v) is 3.07. The molecular formula is C15H24N2. The zero-order chi connectivity index (χ0) is 12.8. The quantitative estimate of drug-likeness (QED) is 0.556. The third kappa shape index (κ3) is 3.88. The van der Waals surface area contributed by atoms with Gasteiger partial charge in [0.15, 0.2) is 0 Å². The van der Waals surface area contributed by atoms with Gasteiger partial charge in [0.1, 0.15) is 0 Å². The Labute approximate surface area is 105 Å². The van der Waals surface area contributed by atoms with Crippen LogP contribution < -0.4 is 0 Å². The molecule has 0 aromatic heterocycles. The zero-order valence-electron chi connectivity index (χ0n) is 11.7. The summed E-state index contributed by atoms with van der Waals surface area (Å²) >= 11 is 0. The van der Waals surface area contributed by atoms with Gasteiger partial charge in [0.05, 0.1) is 12.0 Å². The van der Waals surface area contributed by atoms with Gasteiger partial charge in [-0.05, 0) is 49.9 Å². The largest absolute Gasteiger partial charge is 0.366 e. The zero-order valence-corrected chi connectivity index (χ0v) is 11.7. The fourth-order valence-corrected chi connectivity index (χ4v) is 1.78. The van der Waals surface area contributed by atoms with Gasteiger partial charge < -0.3 is 4.90 Å². The average Bonchev–Trinajstić information content (AvgIpc) is 2.31. The normalized spacial score (nSPS) is 11.1. The van der Waals surface area contributed by atoms with E-state index < -0.39 is 0 Å². The van der Waals surface area contributed by atoms with Crippen molar-refractivity contribution < 1.29 is 0 Å². The van der Waals surface area contributed by atoms with Crippen LogP contribution in [-0.2, 0) is 6.42 Å². The van der Waals surface area contributed by atoms with E-state index in [4.69, 9.17) is 0 Å². The molecule has 1 rings (SSSR count). The second-order valence-corrected chi connectivity index (χ2v) is 4.63. The van der Waals surface area contributed by atoms with Gasteiger partial charge in [0.25, 0.3) is 0 Å². The van der Waals surface area contributed by atoms with Crippen molar-refractivity contribution in [3.05, 3.63) is 28.8 Å². The Morgan fingerprint density at radius 1 is 1.18 bits per heavy atom. The monoisotopic (exact) mass is 232 g/mol. The van der Waals surface area contributed by atoms with E-state index in [1.807, 2.05) is 13.4 Å². The van der Waals surface area contributed by atoms with E-state index in [1.165, 1.54) is 23.1 Å².